The number of hydrogen-bond acceptors (Lipinski definition) is 2. The third-order valence-electron chi connectivity index (χ3n) is 3.77. The van der Waals surface area contributed by atoms with Gasteiger partial charge in [-0.3, -0.25) is 0 Å². The number of aliphatic hydroxyl groups is 1. The number of hydrogen-bond donors (Lipinski definition) is 2. The van der Waals surface area contributed by atoms with Crippen LogP contribution in [0.15, 0.2) is 12.2 Å². The van der Waals surface area contributed by atoms with Crippen LogP contribution in [-0.2, 0) is 4.79 Å². The van der Waals surface area contributed by atoms with Gasteiger partial charge in [0.15, 0.2) is 6.10 Å². The Kier molecular flexibility index (Phi) is 20.9. The van der Waals surface area contributed by atoms with Crippen molar-refractivity contribution in [3.05, 3.63) is 12.2 Å². The van der Waals surface area contributed by atoms with Gasteiger partial charge in [-0.1, -0.05) is 70.4 Å². The zero-order valence-corrected chi connectivity index (χ0v) is 17.1. The summed E-state index contributed by atoms with van der Waals surface area (Å²) in [5, 5.41) is 17.6. The fourth-order valence-electron chi connectivity index (χ4n) is 2.36. The van der Waals surface area contributed by atoms with Gasteiger partial charge in [0.05, 0.1) is 0 Å². The first-order valence-corrected chi connectivity index (χ1v) is 8.74. The van der Waals surface area contributed by atoms with Gasteiger partial charge in [0, 0.05) is 23.9 Å². The first kappa shape index (κ1) is 24.2. The summed E-state index contributed by atoms with van der Waals surface area (Å²) in [7, 11) is 0. The molecular formula is C18H34O3Sn. The van der Waals surface area contributed by atoms with E-state index in [4.69, 9.17) is 10.2 Å². The predicted molar refractivity (Wildman–Crippen MR) is 94.2 cm³/mol. The van der Waals surface area contributed by atoms with Crippen molar-refractivity contribution in [2.45, 2.75) is 96.5 Å². The molecule has 3 nitrogen and oxygen atoms in total. The second-order valence-corrected chi connectivity index (χ2v) is 5.87. The zero-order chi connectivity index (χ0) is 15.8. The average molecular weight is 417 g/mol. The van der Waals surface area contributed by atoms with E-state index in [1.807, 2.05) is 0 Å². The molecule has 22 heavy (non-hydrogen) atoms. The number of carboxylic acids is 1. The fourth-order valence-corrected chi connectivity index (χ4v) is 2.36. The van der Waals surface area contributed by atoms with Crippen molar-refractivity contribution in [1.29, 1.82) is 0 Å². The Morgan fingerprint density at radius 2 is 1.32 bits per heavy atom. The Labute approximate surface area is 153 Å². The van der Waals surface area contributed by atoms with Crippen molar-refractivity contribution in [2.75, 3.05) is 0 Å². The summed E-state index contributed by atoms with van der Waals surface area (Å²) in [5.41, 5.74) is 0. The SMILES string of the molecule is CCCCCCCCC=CCCCCCCC(O)C(=O)O.[Sn]. The largest absolute Gasteiger partial charge is 0.479 e. The summed E-state index contributed by atoms with van der Waals surface area (Å²) >= 11 is 0. The molecule has 4 radical (unpaired) electrons. The Morgan fingerprint density at radius 3 is 1.82 bits per heavy atom. The molecule has 128 valence electrons. The van der Waals surface area contributed by atoms with Crippen molar-refractivity contribution in [3.63, 3.8) is 0 Å². The molecule has 0 heterocycles. The van der Waals surface area contributed by atoms with E-state index in [9.17, 15) is 4.79 Å². The van der Waals surface area contributed by atoms with Gasteiger partial charge >= 0.3 is 5.97 Å². The van der Waals surface area contributed by atoms with Crippen LogP contribution < -0.4 is 0 Å². The number of aliphatic hydroxyl groups excluding tert-OH is 1. The van der Waals surface area contributed by atoms with E-state index in [1.165, 1.54) is 44.9 Å². The molecule has 0 amide bonds. The number of unbranched alkanes of at least 4 members (excludes halogenated alkanes) is 10. The summed E-state index contributed by atoms with van der Waals surface area (Å²) in [6.45, 7) is 2.25. The molecule has 0 saturated carbocycles. The number of aliphatic carboxylic acids is 1. The monoisotopic (exact) mass is 418 g/mol. The molecule has 0 aromatic carbocycles. The molecule has 1 atom stereocenters. The van der Waals surface area contributed by atoms with E-state index < -0.39 is 12.1 Å². The summed E-state index contributed by atoms with van der Waals surface area (Å²) in [4.78, 5) is 10.4. The van der Waals surface area contributed by atoms with Gasteiger partial charge < -0.3 is 10.2 Å². The predicted octanol–water partition coefficient (Wildman–Crippen LogP) is 4.70. The molecule has 0 aliphatic heterocycles. The van der Waals surface area contributed by atoms with Crippen LogP contribution in [0.3, 0.4) is 0 Å². The average Bonchev–Trinajstić information content (AvgIpc) is 2.47. The van der Waals surface area contributed by atoms with Crippen LogP contribution in [0.25, 0.3) is 0 Å². The second-order valence-electron chi connectivity index (χ2n) is 5.87. The minimum Gasteiger partial charge on any atom is -0.479 e. The molecule has 0 saturated heterocycles. The topological polar surface area (TPSA) is 57.5 Å². The number of carboxylic acid groups (broad SMARTS) is 1. The van der Waals surface area contributed by atoms with Gasteiger partial charge in [-0.15, -0.1) is 0 Å². The maximum absolute atomic E-state index is 10.4. The molecule has 2 N–H and O–H groups in total. The van der Waals surface area contributed by atoms with Crippen molar-refractivity contribution >= 4 is 29.9 Å². The molecule has 0 aromatic heterocycles. The standard InChI is InChI=1S/C18H34O3.Sn/c1-2-3-4-5-6-7-8-9-10-11-12-13-14-15-16-17(19)18(20)21;/h9-10,17,19H,2-8,11-16H2,1H3,(H,20,21);. The zero-order valence-electron chi connectivity index (χ0n) is 14.2. The van der Waals surface area contributed by atoms with Crippen molar-refractivity contribution in [2.24, 2.45) is 0 Å². The van der Waals surface area contributed by atoms with Gasteiger partial charge in [-0.2, -0.15) is 0 Å². The molecule has 4 heteroatoms. The van der Waals surface area contributed by atoms with E-state index in [1.54, 1.807) is 0 Å². The second kappa shape index (κ2) is 19.0. The minimum atomic E-state index is -1.18. The Morgan fingerprint density at radius 1 is 0.864 bits per heavy atom. The van der Waals surface area contributed by atoms with Gasteiger partial charge in [-0.05, 0) is 32.1 Å². The third-order valence-corrected chi connectivity index (χ3v) is 3.77. The number of carbonyl (C=O) groups is 1. The van der Waals surface area contributed by atoms with E-state index in [-0.39, 0.29) is 23.9 Å². The fraction of sp³-hybridized carbons (Fsp3) is 0.833. The summed E-state index contributed by atoms with van der Waals surface area (Å²) in [6.07, 6.45) is 18.3. The molecule has 0 bridgehead atoms. The molecular weight excluding hydrogens is 383 g/mol. The van der Waals surface area contributed by atoms with Crippen LogP contribution >= 0.6 is 0 Å². The molecule has 0 aromatic rings. The quantitative estimate of drug-likeness (QED) is 0.231. The number of allylic oxidation sites excluding steroid dienone is 2. The van der Waals surface area contributed by atoms with Gasteiger partial charge in [0.2, 0.25) is 0 Å². The molecule has 0 rings (SSSR count). The maximum Gasteiger partial charge on any atom is 0.332 e. The first-order valence-electron chi connectivity index (χ1n) is 8.74. The molecule has 0 aliphatic rings. The first-order chi connectivity index (χ1) is 10.2. The normalized spacial score (nSPS) is 12.3. The van der Waals surface area contributed by atoms with E-state index in [2.05, 4.69) is 19.1 Å². The Balaban J connectivity index is 0. The van der Waals surface area contributed by atoms with E-state index in [0.29, 0.717) is 6.42 Å². The third kappa shape index (κ3) is 18.0. The van der Waals surface area contributed by atoms with Crippen molar-refractivity contribution in [1.82, 2.24) is 0 Å². The maximum atomic E-state index is 10.4. The van der Waals surface area contributed by atoms with E-state index in [0.717, 1.165) is 32.1 Å². The Hall–Kier alpha value is -0.0313. The Bertz CT molecular complexity index is 267. The summed E-state index contributed by atoms with van der Waals surface area (Å²) in [5.74, 6) is -1.10. The summed E-state index contributed by atoms with van der Waals surface area (Å²) in [6, 6.07) is 0. The van der Waals surface area contributed by atoms with Crippen LogP contribution in [0.2, 0.25) is 0 Å². The van der Waals surface area contributed by atoms with Crippen LogP contribution in [0.5, 0.6) is 0 Å². The van der Waals surface area contributed by atoms with E-state index >= 15 is 0 Å². The van der Waals surface area contributed by atoms with Gasteiger partial charge in [-0.25, -0.2) is 4.79 Å². The summed E-state index contributed by atoms with van der Waals surface area (Å²) < 4.78 is 0. The van der Waals surface area contributed by atoms with Crippen LogP contribution in [0.1, 0.15) is 90.4 Å². The van der Waals surface area contributed by atoms with Gasteiger partial charge in [0.25, 0.3) is 0 Å². The molecule has 0 aliphatic carbocycles. The number of rotatable bonds is 15. The van der Waals surface area contributed by atoms with Crippen LogP contribution in [-0.4, -0.2) is 46.2 Å². The van der Waals surface area contributed by atoms with Crippen molar-refractivity contribution < 1.29 is 15.0 Å². The molecule has 1 unspecified atom stereocenters. The molecule has 0 fully saturated rings. The van der Waals surface area contributed by atoms with Crippen molar-refractivity contribution in [3.8, 4) is 0 Å². The smallest absolute Gasteiger partial charge is 0.332 e. The minimum absolute atomic E-state index is 0. The van der Waals surface area contributed by atoms with Crippen LogP contribution in [0.4, 0.5) is 0 Å². The van der Waals surface area contributed by atoms with Crippen LogP contribution in [0, 0.1) is 0 Å². The van der Waals surface area contributed by atoms with Gasteiger partial charge in [0.1, 0.15) is 0 Å². The molecule has 0 spiro atoms.